The van der Waals surface area contributed by atoms with Gasteiger partial charge in [-0.05, 0) is 54.1 Å². The van der Waals surface area contributed by atoms with E-state index >= 15 is 0 Å². The molecular formula is C23H19ClN2O2S. The molecule has 1 amide bonds. The van der Waals surface area contributed by atoms with Crippen LogP contribution in [-0.2, 0) is 13.1 Å². The van der Waals surface area contributed by atoms with Crippen LogP contribution in [0.1, 0.15) is 26.4 Å². The van der Waals surface area contributed by atoms with Crippen molar-refractivity contribution in [2.45, 2.75) is 20.0 Å². The Kier molecular flexibility index (Phi) is 5.51. The molecule has 6 heteroatoms. The van der Waals surface area contributed by atoms with Crippen molar-refractivity contribution in [2.24, 2.45) is 0 Å². The number of aromatic amines is 1. The van der Waals surface area contributed by atoms with Gasteiger partial charge in [-0.2, -0.15) is 0 Å². The van der Waals surface area contributed by atoms with Gasteiger partial charge >= 0.3 is 0 Å². The summed E-state index contributed by atoms with van der Waals surface area (Å²) in [6, 6.07) is 18.7. The molecule has 0 saturated heterocycles. The van der Waals surface area contributed by atoms with Crippen molar-refractivity contribution in [2.75, 3.05) is 0 Å². The second-order valence-electron chi connectivity index (χ2n) is 6.93. The van der Waals surface area contributed by atoms with E-state index in [1.54, 1.807) is 40.5 Å². The number of amides is 1. The zero-order chi connectivity index (χ0) is 20.4. The van der Waals surface area contributed by atoms with Gasteiger partial charge in [0.05, 0.1) is 23.7 Å². The molecule has 0 aliphatic carbocycles. The zero-order valence-corrected chi connectivity index (χ0v) is 17.4. The lowest BCUT2D eigenvalue weighted by Gasteiger charge is -2.23. The molecule has 1 N–H and O–H groups in total. The Hall–Kier alpha value is -2.89. The molecule has 4 aromatic rings. The number of carbonyl (C=O) groups excluding carboxylic acids is 1. The number of thiophene rings is 1. The number of H-pyrrole nitrogens is 1. The van der Waals surface area contributed by atoms with E-state index in [1.807, 2.05) is 48.7 Å². The molecule has 4 nitrogen and oxygen atoms in total. The van der Waals surface area contributed by atoms with Gasteiger partial charge in [0.2, 0.25) is 0 Å². The topological polar surface area (TPSA) is 53.2 Å². The molecule has 0 spiro atoms. The molecule has 0 saturated carbocycles. The van der Waals surface area contributed by atoms with Crippen LogP contribution in [0.25, 0.3) is 10.9 Å². The number of halogens is 1. The van der Waals surface area contributed by atoms with Crippen LogP contribution in [0.15, 0.2) is 70.8 Å². The molecule has 0 unspecified atom stereocenters. The first-order valence-electron chi connectivity index (χ1n) is 9.20. The molecule has 2 aromatic carbocycles. The first kappa shape index (κ1) is 19.4. The highest BCUT2D eigenvalue weighted by Gasteiger charge is 2.20. The number of hydrogen-bond acceptors (Lipinski definition) is 3. The highest BCUT2D eigenvalue weighted by atomic mass is 35.5. The summed E-state index contributed by atoms with van der Waals surface area (Å²) in [5.41, 5.74) is 2.67. The summed E-state index contributed by atoms with van der Waals surface area (Å²) in [5, 5.41) is 3.32. The number of fused-ring (bicyclic) bond motifs is 1. The van der Waals surface area contributed by atoms with Crippen LogP contribution in [0.4, 0.5) is 0 Å². The van der Waals surface area contributed by atoms with Crippen LogP contribution in [-0.4, -0.2) is 15.8 Å². The fraction of sp³-hybridized carbons (Fsp3) is 0.130. The summed E-state index contributed by atoms with van der Waals surface area (Å²) in [7, 11) is 0. The number of aryl methyl sites for hydroxylation is 1. The molecule has 2 heterocycles. The Bertz CT molecular complexity index is 1230. The van der Waals surface area contributed by atoms with E-state index in [2.05, 4.69) is 4.98 Å². The first-order valence-corrected chi connectivity index (χ1v) is 10.5. The summed E-state index contributed by atoms with van der Waals surface area (Å²) < 4.78 is 0. The van der Waals surface area contributed by atoms with Crippen LogP contribution in [0.5, 0.6) is 0 Å². The van der Waals surface area contributed by atoms with Crippen molar-refractivity contribution in [1.82, 2.24) is 9.88 Å². The molecule has 29 heavy (non-hydrogen) atoms. The highest BCUT2D eigenvalue weighted by Crippen LogP contribution is 2.22. The monoisotopic (exact) mass is 422 g/mol. The predicted octanol–water partition coefficient (Wildman–Crippen LogP) is 5.39. The quantitative estimate of drug-likeness (QED) is 0.468. The highest BCUT2D eigenvalue weighted by molar-refractivity contribution is 7.09. The van der Waals surface area contributed by atoms with E-state index < -0.39 is 0 Å². The summed E-state index contributed by atoms with van der Waals surface area (Å²) in [5.74, 6) is -0.201. The molecule has 146 valence electrons. The number of carbonyl (C=O) groups is 1. The molecular weight excluding hydrogens is 404 g/mol. The lowest BCUT2D eigenvalue weighted by atomic mass is 10.1. The maximum atomic E-state index is 13.3. The van der Waals surface area contributed by atoms with E-state index in [-0.39, 0.29) is 18.0 Å². The predicted molar refractivity (Wildman–Crippen MR) is 119 cm³/mol. The van der Waals surface area contributed by atoms with Gasteiger partial charge in [0, 0.05) is 16.0 Å². The van der Waals surface area contributed by atoms with Crippen LogP contribution in [0, 0.1) is 6.92 Å². The number of aromatic nitrogens is 1. The Balaban J connectivity index is 1.73. The van der Waals surface area contributed by atoms with Gasteiger partial charge in [-0.3, -0.25) is 9.59 Å². The van der Waals surface area contributed by atoms with Gasteiger partial charge in [0.15, 0.2) is 0 Å². The zero-order valence-electron chi connectivity index (χ0n) is 15.8. The van der Waals surface area contributed by atoms with E-state index in [9.17, 15) is 9.59 Å². The summed E-state index contributed by atoms with van der Waals surface area (Å²) in [4.78, 5) is 31.6. The largest absolute Gasteiger partial charge is 0.329 e. The second kappa shape index (κ2) is 8.23. The molecule has 2 aromatic heterocycles. The van der Waals surface area contributed by atoms with Gasteiger partial charge in [0.1, 0.15) is 0 Å². The molecule has 0 atom stereocenters. The number of nitrogens with one attached hydrogen (secondary N) is 1. The van der Waals surface area contributed by atoms with E-state index in [0.29, 0.717) is 22.7 Å². The maximum Gasteiger partial charge on any atom is 0.255 e. The third kappa shape index (κ3) is 4.26. The SMILES string of the molecule is Cc1ccc2[nH]c(=O)c(CN(Cc3cccs3)C(=O)c3ccccc3Cl)cc2c1. The van der Waals surface area contributed by atoms with Gasteiger partial charge in [-0.25, -0.2) is 0 Å². The van der Waals surface area contributed by atoms with Crippen LogP contribution < -0.4 is 5.56 Å². The van der Waals surface area contributed by atoms with E-state index in [1.165, 1.54) is 0 Å². The third-order valence-corrected chi connectivity index (χ3v) is 5.95. The Morgan fingerprint density at radius 3 is 2.66 bits per heavy atom. The lowest BCUT2D eigenvalue weighted by molar-refractivity contribution is 0.0731. The van der Waals surface area contributed by atoms with Crippen LogP contribution >= 0.6 is 22.9 Å². The molecule has 0 fully saturated rings. The summed E-state index contributed by atoms with van der Waals surface area (Å²) in [6.07, 6.45) is 0. The number of pyridine rings is 1. The van der Waals surface area contributed by atoms with Crippen molar-refractivity contribution in [1.29, 1.82) is 0 Å². The first-order chi connectivity index (χ1) is 14.0. The second-order valence-corrected chi connectivity index (χ2v) is 8.37. The van der Waals surface area contributed by atoms with Crippen molar-refractivity contribution >= 4 is 39.7 Å². The minimum atomic E-state index is -0.201. The lowest BCUT2D eigenvalue weighted by Crippen LogP contribution is -2.32. The van der Waals surface area contributed by atoms with Crippen molar-refractivity contribution < 1.29 is 4.79 Å². The number of nitrogens with zero attached hydrogens (tertiary/aromatic N) is 1. The standard InChI is InChI=1S/C23H19ClN2O2S/c1-15-8-9-21-16(11-15)12-17(22(27)25-21)13-26(14-18-5-4-10-29-18)23(28)19-6-2-3-7-20(19)24/h2-12H,13-14H2,1H3,(H,25,27). The number of hydrogen-bond donors (Lipinski definition) is 1. The van der Waals surface area contributed by atoms with Gasteiger partial charge in [-0.1, -0.05) is 41.4 Å². The van der Waals surface area contributed by atoms with Crippen molar-refractivity contribution in [3.8, 4) is 0 Å². The summed E-state index contributed by atoms with van der Waals surface area (Å²) >= 11 is 7.84. The average Bonchev–Trinajstić information content (AvgIpc) is 3.21. The smallest absolute Gasteiger partial charge is 0.255 e. The number of rotatable bonds is 5. The summed E-state index contributed by atoms with van der Waals surface area (Å²) in [6.45, 7) is 2.61. The average molecular weight is 423 g/mol. The third-order valence-electron chi connectivity index (χ3n) is 4.76. The van der Waals surface area contributed by atoms with E-state index in [0.717, 1.165) is 21.3 Å². The van der Waals surface area contributed by atoms with Gasteiger partial charge < -0.3 is 9.88 Å². The van der Waals surface area contributed by atoms with E-state index in [4.69, 9.17) is 11.6 Å². The molecule has 0 aliphatic rings. The maximum absolute atomic E-state index is 13.3. The van der Waals surface area contributed by atoms with Crippen LogP contribution in [0.3, 0.4) is 0 Å². The Morgan fingerprint density at radius 1 is 1.07 bits per heavy atom. The number of benzene rings is 2. The fourth-order valence-corrected chi connectivity index (χ4v) is 4.23. The van der Waals surface area contributed by atoms with Crippen molar-refractivity contribution in [3.05, 3.63) is 103 Å². The van der Waals surface area contributed by atoms with Crippen molar-refractivity contribution in [3.63, 3.8) is 0 Å². The minimum Gasteiger partial charge on any atom is -0.329 e. The molecule has 0 radical (unpaired) electrons. The van der Waals surface area contributed by atoms with Crippen LogP contribution in [0.2, 0.25) is 5.02 Å². The molecule has 0 aliphatic heterocycles. The normalized spacial score (nSPS) is 11.0. The molecule has 4 rings (SSSR count). The fourth-order valence-electron chi connectivity index (χ4n) is 3.29. The molecule has 0 bridgehead atoms. The minimum absolute atomic E-state index is 0.190. The van der Waals surface area contributed by atoms with Gasteiger partial charge in [-0.15, -0.1) is 11.3 Å². The van der Waals surface area contributed by atoms with Gasteiger partial charge in [0.25, 0.3) is 11.5 Å². The Morgan fingerprint density at radius 2 is 1.90 bits per heavy atom. The Labute approximate surface area is 177 Å².